The minimum Gasteiger partial charge on any atom is -0.495 e. The number of carbonyl (C=O) groups excluding carboxylic acids is 1. The number of thiophene rings is 1. The molecule has 0 bridgehead atoms. The third kappa shape index (κ3) is 2.86. The quantitative estimate of drug-likeness (QED) is 0.778. The molecule has 18 heavy (non-hydrogen) atoms. The molecule has 0 aliphatic heterocycles. The Bertz CT molecular complexity index is 578. The van der Waals surface area contributed by atoms with E-state index in [2.05, 4.69) is 0 Å². The Morgan fingerprint density at radius 1 is 1.33 bits per heavy atom. The van der Waals surface area contributed by atoms with Crippen molar-refractivity contribution in [2.45, 2.75) is 6.42 Å². The van der Waals surface area contributed by atoms with Crippen LogP contribution in [0.1, 0.15) is 15.2 Å². The molecule has 1 heterocycles. The summed E-state index contributed by atoms with van der Waals surface area (Å²) in [5.74, 6) is 0.598. The van der Waals surface area contributed by atoms with E-state index >= 15 is 0 Å². The van der Waals surface area contributed by atoms with Gasteiger partial charge in [0, 0.05) is 16.5 Å². The van der Waals surface area contributed by atoms with Crippen molar-refractivity contribution in [2.75, 3.05) is 7.11 Å². The molecule has 0 spiro atoms. The third-order valence-electron chi connectivity index (χ3n) is 2.47. The van der Waals surface area contributed by atoms with Crippen LogP contribution in [-0.2, 0) is 6.42 Å². The second kappa shape index (κ2) is 5.74. The summed E-state index contributed by atoms with van der Waals surface area (Å²) in [6.07, 6.45) is 0.243. The van der Waals surface area contributed by atoms with Crippen molar-refractivity contribution in [3.8, 4) is 5.75 Å². The van der Waals surface area contributed by atoms with Crippen LogP contribution in [0.15, 0.2) is 29.6 Å². The molecule has 2 aromatic rings. The van der Waals surface area contributed by atoms with E-state index in [9.17, 15) is 4.79 Å². The number of rotatable bonds is 4. The number of Topliss-reactive ketones (excluding diaryl/α,β-unsaturated/α-hetero) is 1. The summed E-state index contributed by atoms with van der Waals surface area (Å²) in [4.78, 5) is 12.7. The lowest BCUT2D eigenvalue weighted by atomic mass is 10.1. The molecule has 0 radical (unpaired) electrons. The summed E-state index contributed by atoms with van der Waals surface area (Å²) >= 11 is 13.2. The van der Waals surface area contributed by atoms with Crippen LogP contribution in [0.5, 0.6) is 5.75 Å². The first-order valence-corrected chi connectivity index (χ1v) is 6.84. The Balaban J connectivity index is 2.21. The molecule has 0 saturated heterocycles. The van der Waals surface area contributed by atoms with Crippen LogP contribution in [0, 0.1) is 0 Å². The Labute approximate surface area is 119 Å². The van der Waals surface area contributed by atoms with Crippen LogP contribution in [0.4, 0.5) is 0 Å². The molecule has 1 aromatic heterocycles. The molecule has 0 aliphatic rings. The highest BCUT2D eigenvalue weighted by molar-refractivity contribution is 7.12. The Kier molecular flexibility index (Phi) is 4.27. The lowest BCUT2D eigenvalue weighted by Crippen LogP contribution is -2.03. The number of methoxy groups -OCH3 is 1. The summed E-state index contributed by atoms with van der Waals surface area (Å²) in [7, 11) is 1.55. The molecule has 0 atom stereocenters. The van der Waals surface area contributed by atoms with E-state index in [1.54, 1.807) is 31.4 Å². The molecule has 0 saturated carbocycles. The standard InChI is InChI=1S/C13H10Cl2O2S/c1-17-12-4-5-18-13(12)11(16)6-8-2-3-9(14)7-10(8)15/h2-5,7H,6H2,1H3. The van der Waals surface area contributed by atoms with E-state index in [4.69, 9.17) is 27.9 Å². The molecule has 0 N–H and O–H groups in total. The first kappa shape index (κ1) is 13.4. The second-order valence-corrected chi connectivity index (χ2v) is 5.41. The highest BCUT2D eigenvalue weighted by atomic mass is 35.5. The van der Waals surface area contributed by atoms with Crippen molar-refractivity contribution in [3.05, 3.63) is 50.1 Å². The van der Waals surface area contributed by atoms with Gasteiger partial charge in [0.25, 0.3) is 0 Å². The highest BCUT2D eigenvalue weighted by Crippen LogP contribution is 2.28. The molecule has 1 aromatic carbocycles. The van der Waals surface area contributed by atoms with Crippen LogP contribution in [0.25, 0.3) is 0 Å². The first-order chi connectivity index (χ1) is 8.61. The van der Waals surface area contributed by atoms with E-state index in [1.807, 2.05) is 5.38 Å². The van der Waals surface area contributed by atoms with Gasteiger partial charge in [-0.25, -0.2) is 0 Å². The molecule has 5 heteroatoms. The van der Waals surface area contributed by atoms with Gasteiger partial charge >= 0.3 is 0 Å². The number of ketones is 1. The lowest BCUT2D eigenvalue weighted by molar-refractivity contribution is 0.0994. The fourth-order valence-corrected chi connectivity index (χ4v) is 2.85. The lowest BCUT2D eigenvalue weighted by Gasteiger charge is -2.04. The van der Waals surface area contributed by atoms with E-state index in [1.165, 1.54) is 11.3 Å². The smallest absolute Gasteiger partial charge is 0.180 e. The fourth-order valence-electron chi connectivity index (χ4n) is 1.58. The van der Waals surface area contributed by atoms with Gasteiger partial charge in [0.1, 0.15) is 10.6 Å². The molecule has 94 valence electrons. The first-order valence-electron chi connectivity index (χ1n) is 5.20. The summed E-state index contributed by atoms with van der Waals surface area (Å²) in [6.45, 7) is 0. The Morgan fingerprint density at radius 2 is 2.11 bits per heavy atom. The average Bonchev–Trinajstić information content (AvgIpc) is 2.81. The Morgan fingerprint density at radius 3 is 2.78 bits per heavy atom. The van der Waals surface area contributed by atoms with E-state index < -0.39 is 0 Å². The molecule has 0 aliphatic carbocycles. The van der Waals surface area contributed by atoms with Gasteiger partial charge in [-0.2, -0.15) is 0 Å². The van der Waals surface area contributed by atoms with Crippen molar-refractivity contribution in [2.24, 2.45) is 0 Å². The van der Waals surface area contributed by atoms with Crippen molar-refractivity contribution >= 4 is 40.3 Å². The van der Waals surface area contributed by atoms with Crippen molar-refractivity contribution in [1.29, 1.82) is 0 Å². The van der Waals surface area contributed by atoms with Gasteiger partial charge in [0.2, 0.25) is 0 Å². The number of ether oxygens (including phenoxy) is 1. The molecular formula is C13H10Cl2O2S. The molecule has 0 fully saturated rings. The number of benzene rings is 1. The van der Waals surface area contributed by atoms with Crippen LogP contribution in [0.3, 0.4) is 0 Å². The predicted octanol–water partition coefficient (Wildman–Crippen LogP) is 4.49. The number of hydrogen-bond donors (Lipinski definition) is 0. The maximum atomic E-state index is 12.1. The van der Waals surface area contributed by atoms with Crippen molar-refractivity contribution in [3.63, 3.8) is 0 Å². The summed E-state index contributed by atoms with van der Waals surface area (Å²) in [5.41, 5.74) is 0.765. The van der Waals surface area contributed by atoms with Crippen LogP contribution < -0.4 is 4.74 Å². The minimum atomic E-state index is -0.00827. The molecule has 0 unspecified atom stereocenters. The Hall–Kier alpha value is -1.03. The highest BCUT2D eigenvalue weighted by Gasteiger charge is 2.15. The largest absolute Gasteiger partial charge is 0.495 e. The van der Waals surface area contributed by atoms with E-state index in [0.29, 0.717) is 20.7 Å². The maximum absolute atomic E-state index is 12.1. The second-order valence-electron chi connectivity index (χ2n) is 3.65. The number of halogens is 2. The summed E-state index contributed by atoms with van der Waals surface area (Å²) in [6, 6.07) is 6.91. The topological polar surface area (TPSA) is 26.3 Å². The zero-order valence-corrected chi connectivity index (χ0v) is 11.9. The van der Waals surface area contributed by atoms with Crippen LogP contribution in [-0.4, -0.2) is 12.9 Å². The zero-order valence-electron chi connectivity index (χ0n) is 9.57. The maximum Gasteiger partial charge on any atom is 0.180 e. The number of carbonyl (C=O) groups is 1. The fraction of sp³-hybridized carbons (Fsp3) is 0.154. The van der Waals surface area contributed by atoms with Crippen LogP contribution >= 0.6 is 34.5 Å². The molecular weight excluding hydrogens is 291 g/mol. The normalized spacial score (nSPS) is 10.4. The predicted molar refractivity (Wildman–Crippen MR) is 75.4 cm³/mol. The zero-order chi connectivity index (χ0) is 13.1. The van der Waals surface area contributed by atoms with Gasteiger partial charge in [-0.1, -0.05) is 29.3 Å². The monoisotopic (exact) mass is 300 g/mol. The summed E-state index contributed by atoms with van der Waals surface area (Å²) in [5, 5.41) is 2.89. The van der Waals surface area contributed by atoms with Gasteiger partial charge in [-0.3, -0.25) is 4.79 Å². The van der Waals surface area contributed by atoms with Crippen LogP contribution in [0.2, 0.25) is 10.0 Å². The van der Waals surface area contributed by atoms with Gasteiger partial charge in [0.15, 0.2) is 5.78 Å². The molecule has 2 nitrogen and oxygen atoms in total. The SMILES string of the molecule is COc1ccsc1C(=O)Cc1ccc(Cl)cc1Cl. The summed E-state index contributed by atoms with van der Waals surface area (Å²) < 4.78 is 5.13. The van der Waals surface area contributed by atoms with Gasteiger partial charge < -0.3 is 4.74 Å². The van der Waals surface area contributed by atoms with Gasteiger partial charge in [-0.05, 0) is 29.1 Å². The van der Waals surface area contributed by atoms with Gasteiger partial charge in [-0.15, -0.1) is 11.3 Å². The number of hydrogen-bond acceptors (Lipinski definition) is 3. The average molecular weight is 301 g/mol. The van der Waals surface area contributed by atoms with E-state index in [0.717, 1.165) is 5.56 Å². The minimum absolute atomic E-state index is 0.00827. The van der Waals surface area contributed by atoms with Gasteiger partial charge in [0.05, 0.1) is 7.11 Å². The van der Waals surface area contributed by atoms with Crippen molar-refractivity contribution in [1.82, 2.24) is 0 Å². The third-order valence-corrected chi connectivity index (χ3v) is 3.99. The van der Waals surface area contributed by atoms with Crippen molar-refractivity contribution < 1.29 is 9.53 Å². The van der Waals surface area contributed by atoms with E-state index in [-0.39, 0.29) is 12.2 Å². The molecule has 2 rings (SSSR count). The molecule has 0 amide bonds.